The molecule has 1 saturated heterocycles. The zero-order chi connectivity index (χ0) is 31.0. The Labute approximate surface area is 243 Å². The second kappa shape index (κ2) is 14.3. The van der Waals surface area contributed by atoms with E-state index in [1.807, 2.05) is 20.9 Å². The number of likely N-dealkylation sites (tertiary alicyclic amines) is 1. The monoisotopic (exact) mass is 591 g/mol. The zero-order valence-corrected chi connectivity index (χ0v) is 24.1. The Bertz CT molecular complexity index is 1300. The third-order valence-electron chi connectivity index (χ3n) is 7.45. The maximum absolute atomic E-state index is 14.4. The van der Waals surface area contributed by atoms with Gasteiger partial charge in [-0.1, -0.05) is 12.6 Å². The van der Waals surface area contributed by atoms with Gasteiger partial charge in [-0.2, -0.15) is 23.1 Å². The summed E-state index contributed by atoms with van der Waals surface area (Å²) in [5.74, 6) is -0.774. The van der Waals surface area contributed by atoms with Crippen LogP contribution < -0.4 is 15.4 Å². The fourth-order valence-electron chi connectivity index (χ4n) is 5.15. The SMILES string of the molecule is CN1CCC[C@H]1COc1nc(N)c2c(n1)CN(c1c(F)cccc1C(F)(F)F)CC2.[C-]#[N+]CC(C)N(CC)C(=O)C=C. The number of nitrogens with two attached hydrogens (primary N) is 1. The van der Waals surface area contributed by atoms with E-state index in [4.69, 9.17) is 17.0 Å². The van der Waals surface area contributed by atoms with E-state index in [1.165, 1.54) is 11.0 Å². The lowest BCUT2D eigenvalue weighted by Gasteiger charge is -2.32. The van der Waals surface area contributed by atoms with Crippen molar-refractivity contribution in [3.05, 3.63) is 64.9 Å². The molecule has 2 aliphatic heterocycles. The van der Waals surface area contributed by atoms with Gasteiger partial charge in [-0.3, -0.25) is 4.79 Å². The molecule has 1 amide bonds. The number of amides is 1. The van der Waals surface area contributed by atoms with Gasteiger partial charge in [0.25, 0.3) is 0 Å². The fraction of sp³-hybridized carbons (Fsp3) is 0.517. The molecule has 2 aliphatic rings. The molecule has 2 aromatic rings. The molecule has 0 bridgehead atoms. The van der Waals surface area contributed by atoms with Crippen LogP contribution >= 0.6 is 0 Å². The van der Waals surface area contributed by atoms with E-state index in [0.717, 1.165) is 37.6 Å². The van der Waals surface area contributed by atoms with Crippen LogP contribution in [0.1, 0.15) is 43.5 Å². The Kier molecular flexibility index (Phi) is 11.1. The average Bonchev–Trinajstić information content (AvgIpc) is 3.36. The number of halogens is 4. The van der Waals surface area contributed by atoms with E-state index in [-0.39, 0.29) is 42.9 Å². The van der Waals surface area contributed by atoms with Crippen LogP contribution in [0.25, 0.3) is 4.85 Å². The molecule has 9 nitrogen and oxygen atoms in total. The summed E-state index contributed by atoms with van der Waals surface area (Å²) in [7, 11) is 2.02. The van der Waals surface area contributed by atoms with Gasteiger partial charge in [0, 0.05) is 24.7 Å². The number of likely N-dealkylation sites (N-methyl/N-ethyl adjacent to an activating group) is 2. The second-order valence-electron chi connectivity index (χ2n) is 10.2. The molecule has 42 heavy (non-hydrogen) atoms. The molecule has 1 aromatic heterocycles. The summed E-state index contributed by atoms with van der Waals surface area (Å²) in [6, 6.07) is 3.31. The van der Waals surface area contributed by atoms with Crippen LogP contribution in [-0.2, 0) is 23.9 Å². The number of rotatable bonds is 8. The van der Waals surface area contributed by atoms with E-state index in [9.17, 15) is 22.4 Å². The molecule has 0 spiro atoms. The molecule has 13 heteroatoms. The van der Waals surface area contributed by atoms with E-state index < -0.39 is 23.2 Å². The molecule has 1 unspecified atom stereocenters. The predicted octanol–water partition coefficient (Wildman–Crippen LogP) is 4.58. The lowest BCUT2D eigenvalue weighted by Crippen LogP contribution is -2.38. The Morgan fingerprint density at radius 3 is 2.69 bits per heavy atom. The van der Waals surface area contributed by atoms with Gasteiger partial charge in [0.1, 0.15) is 24.3 Å². The Morgan fingerprint density at radius 2 is 2.10 bits per heavy atom. The van der Waals surface area contributed by atoms with Gasteiger partial charge in [-0.25, -0.2) is 11.0 Å². The number of nitrogen functional groups attached to an aromatic ring is 1. The van der Waals surface area contributed by atoms with Gasteiger partial charge in [0.15, 0.2) is 0 Å². The summed E-state index contributed by atoms with van der Waals surface area (Å²) in [5.41, 5.74) is 5.70. The number of ether oxygens (including phenoxy) is 1. The first-order valence-electron chi connectivity index (χ1n) is 13.8. The normalized spacial score (nSPS) is 17.4. The first-order valence-corrected chi connectivity index (χ1v) is 13.8. The topological polar surface area (TPSA) is 92.2 Å². The molecule has 228 valence electrons. The summed E-state index contributed by atoms with van der Waals surface area (Å²) in [5, 5.41) is 0. The van der Waals surface area contributed by atoms with Crippen molar-refractivity contribution >= 4 is 17.4 Å². The third kappa shape index (κ3) is 7.88. The highest BCUT2D eigenvalue weighted by Gasteiger charge is 2.37. The highest BCUT2D eigenvalue weighted by molar-refractivity contribution is 5.87. The van der Waals surface area contributed by atoms with Crippen LogP contribution in [0, 0.1) is 12.4 Å². The Hall–Kier alpha value is -3.92. The summed E-state index contributed by atoms with van der Waals surface area (Å²) in [6.45, 7) is 16.4. The Balaban J connectivity index is 0.000000343. The minimum Gasteiger partial charge on any atom is -0.462 e. The largest absolute Gasteiger partial charge is 0.462 e. The number of aromatic nitrogens is 2. The number of para-hydroxylation sites is 1. The standard InChI is InChI=1S/C20H23F4N5O.C9H14N2O/c1-28-8-3-4-12(28)11-30-19-26-16-10-29(9-7-13(16)18(25)27-19)17-14(20(22,23)24)5-2-6-15(17)21;1-5-9(12)11(6-2)8(3)7-10-4/h2,5-6,12H,3-4,7-11H2,1H3,(H2,25,26,27);5,8H,1,6-7H2,2-3H3/t12-;/m0./s1. The molecule has 1 fully saturated rings. The molecule has 0 saturated carbocycles. The number of carbonyl (C=O) groups excluding carboxylic acids is 1. The Morgan fingerprint density at radius 1 is 1.36 bits per heavy atom. The maximum Gasteiger partial charge on any atom is 0.418 e. The second-order valence-corrected chi connectivity index (χ2v) is 10.2. The van der Waals surface area contributed by atoms with Crippen LogP contribution in [0.5, 0.6) is 6.01 Å². The average molecular weight is 592 g/mol. The molecular weight excluding hydrogens is 554 g/mol. The van der Waals surface area contributed by atoms with Gasteiger partial charge < -0.3 is 30.0 Å². The van der Waals surface area contributed by atoms with Crippen molar-refractivity contribution in [1.82, 2.24) is 19.8 Å². The number of hydrogen-bond acceptors (Lipinski definition) is 7. The van der Waals surface area contributed by atoms with Crippen LogP contribution in [-0.4, -0.2) is 77.6 Å². The molecule has 2 N–H and O–H groups in total. The van der Waals surface area contributed by atoms with Crippen molar-refractivity contribution in [2.45, 2.75) is 57.9 Å². The number of carbonyl (C=O) groups is 1. The number of benzene rings is 1. The molecule has 1 aromatic carbocycles. The molecule has 0 aliphatic carbocycles. The number of anilines is 2. The highest BCUT2D eigenvalue weighted by atomic mass is 19.4. The number of nitrogens with zero attached hydrogens (tertiary/aromatic N) is 6. The van der Waals surface area contributed by atoms with Gasteiger partial charge >= 0.3 is 12.2 Å². The smallest absolute Gasteiger partial charge is 0.418 e. The van der Waals surface area contributed by atoms with Gasteiger partial charge in [0.2, 0.25) is 12.5 Å². The van der Waals surface area contributed by atoms with Gasteiger partial charge in [0.05, 0.1) is 23.5 Å². The van der Waals surface area contributed by atoms with Gasteiger partial charge in [-0.05, 0) is 64.9 Å². The first-order chi connectivity index (χ1) is 19.9. The van der Waals surface area contributed by atoms with Crippen LogP contribution in [0.2, 0.25) is 0 Å². The fourth-order valence-corrected chi connectivity index (χ4v) is 5.15. The van der Waals surface area contributed by atoms with E-state index in [1.54, 1.807) is 4.90 Å². The molecule has 3 heterocycles. The van der Waals surface area contributed by atoms with E-state index in [0.29, 0.717) is 37.4 Å². The van der Waals surface area contributed by atoms with Crippen molar-refractivity contribution in [2.75, 3.05) is 50.5 Å². The van der Waals surface area contributed by atoms with Crippen LogP contribution in [0.3, 0.4) is 0 Å². The van der Waals surface area contributed by atoms with Crippen LogP contribution in [0.15, 0.2) is 30.9 Å². The lowest BCUT2D eigenvalue weighted by atomic mass is 10.0. The highest BCUT2D eigenvalue weighted by Crippen LogP contribution is 2.40. The van der Waals surface area contributed by atoms with Crippen molar-refractivity contribution < 1.29 is 27.1 Å². The maximum atomic E-state index is 14.4. The minimum absolute atomic E-state index is 0.00818. The van der Waals surface area contributed by atoms with E-state index in [2.05, 4.69) is 26.3 Å². The minimum atomic E-state index is -4.66. The number of alkyl halides is 3. The van der Waals surface area contributed by atoms with Crippen molar-refractivity contribution in [3.63, 3.8) is 0 Å². The first kappa shape index (κ1) is 32.6. The molecule has 2 atom stereocenters. The lowest BCUT2D eigenvalue weighted by molar-refractivity contribution is -0.137. The molecule has 4 rings (SSSR count). The zero-order valence-electron chi connectivity index (χ0n) is 24.1. The summed E-state index contributed by atoms with van der Waals surface area (Å²) < 4.78 is 60.4. The number of fused-ring (bicyclic) bond motifs is 1. The summed E-state index contributed by atoms with van der Waals surface area (Å²) in [6.07, 6.45) is -0.957. The third-order valence-corrected chi connectivity index (χ3v) is 7.45. The quantitative estimate of drug-likeness (QED) is 0.273. The van der Waals surface area contributed by atoms with E-state index >= 15 is 0 Å². The summed E-state index contributed by atoms with van der Waals surface area (Å²) in [4.78, 5) is 28.2. The predicted molar refractivity (Wildman–Crippen MR) is 152 cm³/mol. The van der Waals surface area contributed by atoms with Gasteiger partial charge in [-0.15, -0.1) is 0 Å². The molecule has 0 radical (unpaired) electrons. The van der Waals surface area contributed by atoms with Crippen molar-refractivity contribution in [3.8, 4) is 6.01 Å². The number of hydrogen-bond donors (Lipinski definition) is 1. The summed E-state index contributed by atoms with van der Waals surface area (Å²) >= 11 is 0. The molecular formula is C29H37F4N7O2. The van der Waals surface area contributed by atoms with Crippen molar-refractivity contribution in [1.29, 1.82) is 0 Å². The van der Waals surface area contributed by atoms with Crippen LogP contribution in [0.4, 0.5) is 29.1 Å². The van der Waals surface area contributed by atoms with Crippen molar-refractivity contribution in [2.24, 2.45) is 0 Å².